The summed E-state index contributed by atoms with van der Waals surface area (Å²) in [6.07, 6.45) is 0.0314. The Balaban J connectivity index is 1.50. The zero-order chi connectivity index (χ0) is 18.6. The first-order valence-corrected chi connectivity index (χ1v) is 9.71. The van der Waals surface area contributed by atoms with Gasteiger partial charge >= 0.3 is 0 Å². The van der Waals surface area contributed by atoms with Crippen LogP contribution in [0.25, 0.3) is 0 Å². The van der Waals surface area contributed by atoms with Gasteiger partial charge in [0.05, 0.1) is 11.0 Å². The molecule has 140 valence electrons. The van der Waals surface area contributed by atoms with Crippen LogP contribution in [-0.4, -0.2) is 34.5 Å². The van der Waals surface area contributed by atoms with Gasteiger partial charge in [-0.05, 0) is 50.2 Å². The van der Waals surface area contributed by atoms with E-state index in [1.54, 1.807) is 30.3 Å². The van der Waals surface area contributed by atoms with Crippen molar-refractivity contribution in [2.24, 2.45) is 0 Å². The molecule has 1 aliphatic heterocycles. The van der Waals surface area contributed by atoms with Crippen LogP contribution in [0.5, 0.6) is 23.0 Å². The summed E-state index contributed by atoms with van der Waals surface area (Å²) in [4.78, 5) is 0.177. The van der Waals surface area contributed by atoms with Crippen molar-refractivity contribution < 1.29 is 27.4 Å². The molecule has 0 aliphatic carbocycles. The van der Waals surface area contributed by atoms with Gasteiger partial charge in [-0.1, -0.05) is 0 Å². The van der Waals surface area contributed by atoms with Gasteiger partial charge in [-0.15, -0.1) is 0 Å². The van der Waals surface area contributed by atoms with Crippen LogP contribution in [-0.2, 0) is 10.0 Å². The van der Waals surface area contributed by atoms with Gasteiger partial charge in [-0.25, -0.2) is 13.1 Å². The maximum absolute atomic E-state index is 12.3. The van der Waals surface area contributed by atoms with Crippen LogP contribution in [0.15, 0.2) is 47.4 Å². The molecule has 0 spiro atoms. The van der Waals surface area contributed by atoms with E-state index in [4.69, 9.17) is 18.9 Å². The van der Waals surface area contributed by atoms with Gasteiger partial charge in [0.15, 0.2) is 11.5 Å². The lowest BCUT2D eigenvalue weighted by Crippen LogP contribution is -2.28. The highest BCUT2D eigenvalue weighted by molar-refractivity contribution is 7.89. The summed E-state index contributed by atoms with van der Waals surface area (Å²) in [5.74, 6) is 2.50. The van der Waals surface area contributed by atoms with E-state index in [9.17, 15) is 8.42 Å². The molecular weight excluding hydrogens is 358 g/mol. The number of fused-ring (bicyclic) bond motifs is 1. The molecule has 3 rings (SSSR count). The van der Waals surface area contributed by atoms with Crippen LogP contribution in [0.1, 0.15) is 13.8 Å². The van der Waals surface area contributed by atoms with E-state index in [2.05, 4.69) is 4.72 Å². The van der Waals surface area contributed by atoms with Crippen LogP contribution >= 0.6 is 0 Å². The molecule has 26 heavy (non-hydrogen) atoms. The standard InChI is InChI=1S/C18H21NO6S/c1-13(2)25-14-3-6-16(7-4-14)26(20,21)19-9-10-22-15-5-8-17-18(11-15)24-12-23-17/h3-8,11,13,19H,9-10,12H2,1-2H3. The average molecular weight is 379 g/mol. The average Bonchev–Trinajstić information content (AvgIpc) is 3.06. The molecule has 1 aliphatic rings. The maximum Gasteiger partial charge on any atom is 0.240 e. The molecule has 2 aromatic carbocycles. The molecule has 0 saturated heterocycles. The quantitative estimate of drug-likeness (QED) is 0.710. The summed E-state index contributed by atoms with van der Waals surface area (Å²) in [5.41, 5.74) is 0. The van der Waals surface area contributed by atoms with Crippen molar-refractivity contribution >= 4 is 10.0 Å². The van der Waals surface area contributed by atoms with Crippen LogP contribution < -0.4 is 23.7 Å². The Kier molecular flexibility index (Phi) is 5.53. The SMILES string of the molecule is CC(C)Oc1ccc(S(=O)(=O)NCCOc2ccc3c(c2)OCO3)cc1. The molecule has 0 unspecified atom stereocenters. The Hall–Kier alpha value is -2.45. The molecule has 1 heterocycles. The van der Waals surface area contributed by atoms with Gasteiger partial charge in [0.25, 0.3) is 0 Å². The second kappa shape index (κ2) is 7.84. The van der Waals surface area contributed by atoms with E-state index in [0.717, 1.165) is 0 Å². The predicted molar refractivity (Wildman–Crippen MR) is 95.5 cm³/mol. The van der Waals surface area contributed by atoms with Gasteiger partial charge in [0, 0.05) is 12.6 Å². The molecule has 0 bridgehead atoms. The minimum Gasteiger partial charge on any atom is -0.492 e. The molecular formula is C18H21NO6S. The van der Waals surface area contributed by atoms with Gasteiger partial charge < -0.3 is 18.9 Å². The fourth-order valence-electron chi connectivity index (χ4n) is 2.36. The van der Waals surface area contributed by atoms with E-state index in [1.807, 2.05) is 13.8 Å². The first-order valence-electron chi connectivity index (χ1n) is 8.23. The predicted octanol–water partition coefficient (Wildman–Crippen LogP) is 2.56. The lowest BCUT2D eigenvalue weighted by molar-refractivity contribution is 0.173. The summed E-state index contributed by atoms with van der Waals surface area (Å²) in [5, 5.41) is 0. The normalized spacial score (nSPS) is 13.0. The van der Waals surface area contributed by atoms with Gasteiger partial charge in [-0.3, -0.25) is 0 Å². The van der Waals surface area contributed by atoms with Crippen molar-refractivity contribution in [2.75, 3.05) is 19.9 Å². The van der Waals surface area contributed by atoms with Crippen molar-refractivity contribution in [2.45, 2.75) is 24.8 Å². The van der Waals surface area contributed by atoms with E-state index >= 15 is 0 Å². The third-order valence-corrected chi connectivity index (χ3v) is 4.99. The third-order valence-electron chi connectivity index (χ3n) is 3.51. The number of hydrogen-bond donors (Lipinski definition) is 1. The summed E-state index contributed by atoms with van der Waals surface area (Å²) in [6.45, 7) is 4.34. The molecule has 0 fully saturated rings. The Bertz CT molecular complexity index is 848. The van der Waals surface area contributed by atoms with Gasteiger partial charge in [0.2, 0.25) is 16.8 Å². The second-order valence-corrected chi connectivity index (χ2v) is 7.67. The van der Waals surface area contributed by atoms with E-state index in [1.165, 1.54) is 12.1 Å². The van der Waals surface area contributed by atoms with Crippen molar-refractivity contribution in [3.8, 4) is 23.0 Å². The Labute approximate surface area is 152 Å². The zero-order valence-corrected chi connectivity index (χ0v) is 15.4. The largest absolute Gasteiger partial charge is 0.492 e. The smallest absolute Gasteiger partial charge is 0.240 e. The molecule has 8 heteroatoms. The van der Waals surface area contributed by atoms with Crippen LogP contribution in [0.2, 0.25) is 0 Å². The molecule has 2 aromatic rings. The highest BCUT2D eigenvalue weighted by Gasteiger charge is 2.15. The van der Waals surface area contributed by atoms with Crippen LogP contribution in [0, 0.1) is 0 Å². The summed E-state index contributed by atoms with van der Waals surface area (Å²) in [7, 11) is -3.60. The highest BCUT2D eigenvalue weighted by Crippen LogP contribution is 2.35. The molecule has 0 atom stereocenters. The molecule has 0 saturated carbocycles. The number of rotatable bonds is 8. The molecule has 0 radical (unpaired) electrons. The highest BCUT2D eigenvalue weighted by atomic mass is 32.2. The Morgan fingerprint density at radius 3 is 2.46 bits per heavy atom. The fraction of sp³-hybridized carbons (Fsp3) is 0.333. The second-order valence-electron chi connectivity index (χ2n) is 5.90. The van der Waals surface area contributed by atoms with Crippen molar-refractivity contribution in [3.05, 3.63) is 42.5 Å². The summed E-state index contributed by atoms with van der Waals surface area (Å²) >= 11 is 0. The minimum absolute atomic E-state index is 0.0314. The van der Waals surface area contributed by atoms with E-state index in [0.29, 0.717) is 23.0 Å². The van der Waals surface area contributed by atoms with E-state index in [-0.39, 0.29) is 30.9 Å². The Morgan fingerprint density at radius 2 is 1.73 bits per heavy atom. The number of benzene rings is 2. The van der Waals surface area contributed by atoms with E-state index < -0.39 is 10.0 Å². The lowest BCUT2D eigenvalue weighted by Gasteiger charge is -2.11. The van der Waals surface area contributed by atoms with Crippen molar-refractivity contribution in [3.63, 3.8) is 0 Å². The number of sulfonamides is 1. The molecule has 1 N–H and O–H groups in total. The topological polar surface area (TPSA) is 83.1 Å². The number of nitrogens with one attached hydrogen (secondary N) is 1. The molecule has 7 nitrogen and oxygen atoms in total. The Morgan fingerprint density at radius 1 is 1.04 bits per heavy atom. The maximum atomic E-state index is 12.3. The molecule has 0 amide bonds. The fourth-order valence-corrected chi connectivity index (χ4v) is 3.38. The first kappa shape index (κ1) is 18.3. The van der Waals surface area contributed by atoms with Crippen LogP contribution in [0.3, 0.4) is 0 Å². The first-order chi connectivity index (χ1) is 12.4. The zero-order valence-electron chi connectivity index (χ0n) is 14.6. The van der Waals surface area contributed by atoms with Crippen molar-refractivity contribution in [1.29, 1.82) is 0 Å². The minimum atomic E-state index is -3.60. The summed E-state index contributed by atoms with van der Waals surface area (Å²) < 4.78 is 48.6. The van der Waals surface area contributed by atoms with Gasteiger partial charge in [-0.2, -0.15) is 0 Å². The van der Waals surface area contributed by atoms with Crippen molar-refractivity contribution in [1.82, 2.24) is 4.72 Å². The van der Waals surface area contributed by atoms with Gasteiger partial charge in [0.1, 0.15) is 18.1 Å². The summed E-state index contributed by atoms with van der Waals surface area (Å²) in [6, 6.07) is 11.5. The number of hydrogen-bond acceptors (Lipinski definition) is 6. The monoisotopic (exact) mass is 379 g/mol. The number of ether oxygens (including phenoxy) is 4. The third kappa shape index (κ3) is 4.59. The van der Waals surface area contributed by atoms with Crippen LogP contribution in [0.4, 0.5) is 0 Å². The lowest BCUT2D eigenvalue weighted by atomic mass is 10.3. The molecule has 0 aromatic heterocycles.